The minimum atomic E-state index is -1.04. The number of rotatable bonds is 2. The lowest BCUT2D eigenvalue weighted by Gasteiger charge is -2.11. The quantitative estimate of drug-likeness (QED) is 0.197. The maximum atomic E-state index is 13.5. The standard InChI is InChI=1S/C13H11BrFNO.C10H7BrFNO.C3H7BO2.2CH4/c1-7-4-13(17)16(8-2-3-8)12-6-10(14)11(15)5-9(7)12;1-5-2-10(14)13-9-4-7(11)8(12)3-6(5)9;5-4(6)3-1-2-3;;/h4-6,8H,2-3H2,1H3;2-4H,1H3,(H,13,14);3,5-6H,1-2H2;2*1H4. The lowest BCUT2D eigenvalue weighted by atomic mass is 9.84. The lowest BCUT2D eigenvalue weighted by Crippen LogP contribution is -2.19. The van der Waals surface area contributed by atoms with Gasteiger partial charge in [0, 0.05) is 34.5 Å². The van der Waals surface area contributed by atoms with Crippen LogP contribution in [0.1, 0.15) is 57.7 Å². The van der Waals surface area contributed by atoms with Crippen LogP contribution in [0.5, 0.6) is 0 Å². The maximum Gasteiger partial charge on any atom is 0.454 e. The van der Waals surface area contributed by atoms with Gasteiger partial charge in [0.25, 0.3) is 5.56 Å². The summed E-state index contributed by atoms with van der Waals surface area (Å²) in [5.41, 5.74) is 2.90. The molecule has 2 aromatic heterocycles. The van der Waals surface area contributed by atoms with E-state index in [2.05, 4.69) is 36.8 Å². The summed E-state index contributed by atoms with van der Waals surface area (Å²) in [5.74, 6) is -0.403. The Kier molecular flexibility index (Phi) is 11.3. The van der Waals surface area contributed by atoms with Crippen molar-refractivity contribution in [2.45, 2.75) is 66.2 Å². The fourth-order valence-electron chi connectivity index (χ4n) is 4.03. The van der Waals surface area contributed by atoms with E-state index >= 15 is 0 Å². The molecule has 2 saturated carbocycles. The third-order valence-electron chi connectivity index (χ3n) is 6.35. The molecule has 0 radical (unpaired) electrons. The molecule has 39 heavy (non-hydrogen) atoms. The predicted octanol–water partition coefficient (Wildman–Crippen LogP) is 7.18. The third kappa shape index (κ3) is 7.87. The molecule has 6 nitrogen and oxygen atoms in total. The predicted molar refractivity (Wildman–Crippen MR) is 162 cm³/mol. The number of aryl methyl sites for hydroxylation is 2. The van der Waals surface area contributed by atoms with Crippen molar-refractivity contribution >= 4 is 60.8 Å². The van der Waals surface area contributed by atoms with Gasteiger partial charge in [-0.15, -0.1) is 0 Å². The molecular weight excluding hydrogens is 637 g/mol. The van der Waals surface area contributed by atoms with Crippen LogP contribution in [-0.2, 0) is 0 Å². The molecular formula is C28H33BBr2F2N2O4. The van der Waals surface area contributed by atoms with Gasteiger partial charge >= 0.3 is 7.12 Å². The first-order valence-corrected chi connectivity index (χ1v) is 13.4. The van der Waals surface area contributed by atoms with E-state index in [0.717, 1.165) is 53.1 Å². The lowest BCUT2D eigenvalue weighted by molar-refractivity contribution is 0.403. The van der Waals surface area contributed by atoms with E-state index < -0.39 is 7.12 Å². The fraction of sp³-hybridized carbons (Fsp3) is 0.357. The molecule has 0 amide bonds. The topological polar surface area (TPSA) is 95.3 Å². The number of halogens is 4. The molecule has 3 N–H and O–H groups in total. The molecule has 2 aromatic carbocycles. The Morgan fingerprint density at radius 3 is 1.90 bits per heavy atom. The summed E-state index contributed by atoms with van der Waals surface area (Å²) in [4.78, 5) is 25.8. The molecule has 210 valence electrons. The molecule has 0 atom stereocenters. The molecule has 0 bridgehead atoms. The molecule has 0 saturated heterocycles. The molecule has 2 aliphatic carbocycles. The maximum absolute atomic E-state index is 13.5. The first kappa shape index (κ1) is 32.9. The number of aromatic amines is 1. The molecule has 0 spiro atoms. The van der Waals surface area contributed by atoms with Crippen molar-refractivity contribution in [2.24, 2.45) is 0 Å². The first-order valence-electron chi connectivity index (χ1n) is 11.8. The average molecular weight is 670 g/mol. The van der Waals surface area contributed by atoms with Gasteiger partial charge in [0.1, 0.15) is 11.6 Å². The van der Waals surface area contributed by atoms with E-state index in [1.807, 2.05) is 6.92 Å². The van der Waals surface area contributed by atoms with E-state index in [9.17, 15) is 18.4 Å². The Balaban J connectivity index is 0.000000219. The van der Waals surface area contributed by atoms with E-state index in [-0.39, 0.29) is 43.4 Å². The number of fused-ring (bicyclic) bond motifs is 2. The number of hydrogen-bond acceptors (Lipinski definition) is 4. The highest BCUT2D eigenvalue weighted by Gasteiger charge is 2.33. The Hall–Kier alpha value is -2.34. The van der Waals surface area contributed by atoms with Crippen molar-refractivity contribution in [3.63, 3.8) is 0 Å². The zero-order valence-electron chi connectivity index (χ0n) is 20.2. The van der Waals surface area contributed by atoms with Gasteiger partial charge in [-0.1, -0.05) is 27.7 Å². The number of hydrogen-bond donors (Lipinski definition) is 3. The molecule has 2 heterocycles. The smallest absolute Gasteiger partial charge is 0.427 e. The van der Waals surface area contributed by atoms with Crippen molar-refractivity contribution < 1.29 is 18.8 Å². The number of nitrogens with zero attached hydrogens (tertiary/aromatic N) is 1. The largest absolute Gasteiger partial charge is 0.454 e. The van der Waals surface area contributed by atoms with Gasteiger partial charge in [-0.3, -0.25) is 9.59 Å². The van der Waals surface area contributed by atoms with Crippen LogP contribution in [0.3, 0.4) is 0 Å². The number of H-pyrrole nitrogens is 1. The Bertz CT molecular complexity index is 1600. The van der Waals surface area contributed by atoms with E-state index in [1.54, 1.807) is 29.7 Å². The van der Waals surface area contributed by atoms with Gasteiger partial charge < -0.3 is 19.6 Å². The summed E-state index contributed by atoms with van der Waals surface area (Å²) in [6.45, 7) is 3.62. The summed E-state index contributed by atoms with van der Waals surface area (Å²) < 4.78 is 29.3. The van der Waals surface area contributed by atoms with Crippen LogP contribution < -0.4 is 11.1 Å². The molecule has 2 fully saturated rings. The van der Waals surface area contributed by atoms with Crippen molar-refractivity contribution in [1.82, 2.24) is 9.55 Å². The van der Waals surface area contributed by atoms with Gasteiger partial charge in [0.05, 0.1) is 14.5 Å². The van der Waals surface area contributed by atoms with Crippen molar-refractivity contribution in [2.75, 3.05) is 0 Å². The number of nitrogens with one attached hydrogen (secondary N) is 1. The summed E-state index contributed by atoms with van der Waals surface area (Å²) in [7, 11) is -1.04. The van der Waals surface area contributed by atoms with Crippen LogP contribution in [0.2, 0.25) is 5.82 Å². The van der Waals surface area contributed by atoms with Crippen LogP contribution in [0.4, 0.5) is 8.78 Å². The fourth-order valence-corrected chi connectivity index (χ4v) is 4.70. The highest BCUT2D eigenvalue weighted by Crippen LogP contribution is 2.37. The van der Waals surface area contributed by atoms with Gasteiger partial charge in [0.2, 0.25) is 5.56 Å². The van der Waals surface area contributed by atoms with Crippen LogP contribution in [0.25, 0.3) is 21.8 Å². The molecule has 11 heteroatoms. The van der Waals surface area contributed by atoms with E-state index in [4.69, 9.17) is 10.0 Å². The van der Waals surface area contributed by atoms with Crippen molar-refractivity contribution in [3.8, 4) is 0 Å². The van der Waals surface area contributed by atoms with Gasteiger partial charge in [-0.25, -0.2) is 8.78 Å². The van der Waals surface area contributed by atoms with Crippen LogP contribution in [-0.4, -0.2) is 26.7 Å². The molecule has 4 aromatic rings. The summed E-state index contributed by atoms with van der Waals surface area (Å²) in [6, 6.07) is 9.51. The Labute approximate surface area is 243 Å². The van der Waals surface area contributed by atoms with Gasteiger partial charge in [-0.2, -0.15) is 0 Å². The van der Waals surface area contributed by atoms with E-state index in [1.165, 1.54) is 18.2 Å². The minimum absolute atomic E-state index is 0. The van der Waals surface area contributed by atoms with Crippen LogP contribution in [0.15, 0.2) is 54.9 Å². The molecule has 0 unspecified atom stereocenters. The first-order chi connectivity index (χ1) is 17.5. The average Bonchev–Trinajstić information content (AvgIpc) is 3.71. The van der Waals surface area contributed by atoms with Crippen LogP contribution in [0, 0.1) is 25.5 Å². The second-order valence-corrected chi connectivity index (χ2v) is 11.1. The van der Waals surface area contributed by atoms with Gasteiger partial charge in [0.15, 0.2) is 0 Å². The molecule has 6 rings (SSSR count). The zero-order valence-corrected chi connectivity index (χ0v) is 23.4. The normalized spacial score (nSPS) is 13.8. The molecule has 0 aliphatic heterocycles. The zero-order chi connectivity index (χ0) is 27.0. The highest BCUT2D eigenvalue weighted by atomic mass is 79.9. The third-order valence-corrected chi connectivity index (χ3v) is 7.56. The van der Waals surface area contributed by atoms with Crippen molar-refractivity contribution in [3.05, 3.63) is 88.8 Å². The number of aromatic nitrogens is 2. The number of benzene rings is 2. The second-order valence-electron chi connectivity index (χ2n) is 9.43. The van der Waals surface area contributed by atoms with E-state index in [0.29, 0.717) is 20.5 Å². The molecule has 2 aliphatic rings. The summed E-state index contributed by atoms with van der Waals surface area (Å²) in [6.07, 6.45) is 4.06. The number of pyridine rings is 2. The van der Waals surface area contributed by atoms with Crippen LogP contribution >= 0.6 is 31.9 Å². The minimum Gasteiger partial charge on any atom is -0.427 e. The van der Waals surface area contributed by atoms with Gasteiger partial charge in [-0.05, 0) is 99.8 Å². The SMILES string of the molecule is C.C.Cc1cc(=O)[nH]c2cc(Br)c(F)cc12.Cc1cc(=O)n(C2CC2)c2cc(Br)c(F)cc12.OB(O)C1CC1. The highest BCUT2D eigenvalue weighted by molar-refractivity contribution is 9.10. The second kappa shape index (κ2) is 13.3. The summed E-state index contributed by atoms with van der Waals surface area (Å²) in [5, 5.41) is 18.0. The summed E-state index contributed by atoms with van der Waals surface area (Å²) >= 11 is 6.25. The monoisotopic (exact) mass is 668 g/mol. The Morgan fingerprint density at radius 1 is 0.846 bits per heavy atom. The van der Waals surface area contributed by atoms with Crippen molar-refractivity contribution in [1.29, 1.82) is 0 Å². The Morgan fingerprint density at radius 2 is 1.38 bits per heavy atom.